The Hall–Kier alpha value is -3.46. The minimum atomic E-state index is -5.12. The summed E-state index contributed by atoms with van der Waals surface area (Å²) in [4.78, 5) is 0. The quantitative estimate of drug-likeness (QED) is 0.443. The average Bonchev–Trinajstić information content (AvgIpc) is 3.14. The summed E-state index contributed by atoms with van der Waals surface area (Å²) in [6.45, 7) is -1.29. The van der Waals surface area contributed by atoms with Crippen molar-refractivity contribution in [2.45, 2.75) is 11.8 Å². The van der Waals surface area contributed by atoms with Crippen molar-refractivity contribution in [1.29, 1.82) is 0 Å². The van der Waals surface area contributed by atoms with Gasteiger partial charge in [0, 0.05) is 23.6 Å². The van der Waals surface area contributed by atoms with E-state index in [0.29, 0.717) is 22.7 Å². The second-order valence-electron chi connectivity index (χ2n) is 6.92. The Kier molecular flexibility index (Phi) is 5.14. The number of aromatic nitrogens is 2. The Labute approximate surface area is 173 Å². The number of nitrogens with zero attached hydrogens (tertiary/aromatic N) is 2. The van der Waals surface area contributed by atoms with Gasteiger partial charge in [-0.25, -0.2) is 13.5 Å². The number of alkyl halides is 3. The van der Waals surface area contributed by atoms with Gasteiger partial charge in [0.2, 0.25) is 5.60 Å². The van der Waals surface area contributed by atoms with Crippen molar-refractivity contribution >= 4 is 10.9 Å². The lowest BCUT2D eigenvalue weighted by Gasteiger charge is -2.30. The highest BCUT2D eigenvalue weighted by molar-refractivity contribution is 5.81. The molecule has 31 heavy (non-hydrogen) atoms. The van der Waals surface area contributed by atoms with Crippen molar-refractivity contribution < 1.29 is 31.8 Å². The van der Waals surface area contributed by atoms with E-state index in [1.165, 1.54) is 12.3 Å². The number of para-hydroxylation sites is 1. The molecule has 1 aromatic heterocycles. The van der Waals surface area contributed by atoms with E-state index >= 15 is 0 Å². The zero-order valence-corrected chi connectivity index (χ0v) is 15.8. The summed E-state index contributed by atoms with van der Waals surface area (Å²) >= 11 is 0. The predicted octanol–water partition coefficient (Wildman–Crippen LogP) is 5.13. The number of hydrogen-bond acceptors (Lipinski definition) is 3. The molecule has 0 amide bonds. The van der Waals surface area contributed by atoms with Crippen LogP contribution in [0.3, 0.4) is 0 Å². The van der Waals surface area contributed by atoms with E-state index in [4.69, 9.17) is 4.74 Å². The van der Waals surface area contributed by atoms with Crippen molar-refractivity contribution in [3.8, 4) is 11.4 Å². The molecular weight excluding hydrogens is 419 g/mol. The van der Waals surface area contributed by atoms with Crippen molar-refractivity contribution in [2.24, 2.45) is 0 Å². The van der Waals surface area contributed by atoms with Crippen LogP contribution in [-0.4, -0.2) is 27.7 Å². The number of rotatable bonds is 5. The van der Waals surface area contributed by atoms with Crippen LogP contribution in [0.4, 0.5) is 22.0 Å². The van der Waals surface area contributed by atoms with E-state index in [0.717, 1.165) is 24.3 Å². The first kappa shape index (κ1) is 20.8. The van der Waals surface area contributed by atoms with Crippen LogP contribution in [0, 0.1) is 11.6 Å². The molecule has 4 nitrogen and oxygen atoms in total. The van der Waals surface area contributed by atoms with Crippen LogP contribution >= 0.6 is 0 Å². The molecule has 4 rings (SSSR count). The Morgan fingerprint density at radius 3 is 2.23 bits per heavy atom. The Morgan fingerprint density at radius 2 is 1.58 bits per heavy atom. The minimum Gasteiger partial charge on any atom is -0.490 e. The van der Waals surface area contributed by atoms with E-state index in [2.05, 4.69) is 5.10 Å². The SMILES string of the molecule is OC(COc1cc(F)cc(F)c1)(c1ccc2c(cnn2-c2ccccc2)c1)C(F)(F)F. The zero-order chi connectivity index (χ0) is 22.2. The highest BCUT2D eigenvalue weighted by Gasteiger charge is 2.56. The lowest BCUT2D eigenvalue weighted by atomic mass is 9.93. The van der Waals surface area contributed by atoms with Gasteiger partial charge < -0.3 is 9.84 Å². The number of ether oxygens (including phenoxy) is 1. The largest absolute Gasteiger partial charge is 0.490 e. The summed E-state index contributed by atoms with van der Waals surface area (Å²) in [5.74, 6) is -2.50. The topological polar surface area (TPSA) is 47.3 Å². The third-order valence-corrected chi connectivity index (χ3v) is 4.80. The molecule has 0 aliphatic carbocycles. The van der Waals surface area contributed by atoms with Gasteiger partial charge in [0.05, 0.1) is 17.4 Å². The number of halogens is 5. The third kappa shape index (κ3) is 3.96. The molecule has 0 aliphatic heterocycles. The molecule has 0 saturated heterocycles. The van der Waals surface area contributed by atoms with Crippen molar-refractivity contribution in [3.63, 3.8) is 0 Å². The van der Waals surface area contributed by atoms with Crippen LogP contribution in [0.25, 0.3) is 16.6 Å². The lowest BCUT2D eigenvalue weighted by Crippen LogP contribution is -2.47. The molecule has 1 atom stereocenters. The van der Waals surface area contributed by atoms with E-state index in [1.54, 1.807) is 28.9 Å². The molecule has 3 aromatic carbocycles. The lowest BCUT2D eigenvalue weighted by molar-refractivity contribution is -0.275. The highest BCUT2D eigenvalue weighted by Crippen LogP contribution is 2.40. The van der Waals surface area contributed by atoms with Gasteiger partial charge in [-0.2, -0.15) is 18.3 Å². The molecule has 0 saturated carbocycles. The molecule has 160 valence electrons. The monoisotopic (exact) mass is 434 g/mol. The van der Waals surface area contributed by atoms with Crippen LogP contribution in [-0.2, 0) is 5.60 Å². The van der Waals surface area contributed by atoms with Gasteiger partial charge in [0.15, 0.2) is 0 Å². The predicted molar refractivity (Wildman–Crippen MR) is 103 cm³/mol. The first-order valence-electron chi connectivity index (χ1n) is 9.09. The van der Waals surface area contributed by atoms with Crippen LogP contribution in [0.15, 0.2) is 72.9 Å². The first-order chi connectivity index (χ1) is 14.7. The molecule has 0 fully saturated rings. The molecule has 1 heterocycles. The molecule has 1 unspecified atom stereocenters. The van der Waals surface area contributed by atoms with Gasteiger partial charge in [-0.05, 0) is 29.8 Å². The number of hydrogen-bond donors (Lipinski definition) is 1. The van der Waals surface area contributed by atoms with E-state index in [-0.39, 0.29) is 0 Å². The van der Waals surface area contributed by atoms with E-state index in [9.17, 15) is 27.1 Å². The first-order valence-corrected chi connectivity index (χ1v) is 9.09. The van der Waals surface area contributed by atoms with Gasteiger partial charge in [-0.1, -0.05) is 24.3 Å². The molecule has 4 aromatic rings. The average molecular weight is 434 g/mol. The summed E-state index contributed by atoms with van der Waals surface area (Å²) in [6, 6.07) is 14.7. The number of aliphatic hydroxyl groups is 1. The smallest absolute Gasteiger partial charge is 0.424 e. The summed E-state index contributed by atoms with van der Waals surface area (Å²) < 4.78 is 74.6. The maximum atomic E-state index is 13.8. The third-order valence-electron chi connectivity index (χ3n) is 4.80. The maximum absolute atomic E-state index is 13.8. The highest BCUT2D eigenvalue weighted by atomic mass is 19.4. The fraction of sp³-hybridized carbons (Fsp3) is 0.136. The second kappa shape index (κ2) is 7.66. The van der Waals surface area contributed by atoms with Gasteiger partial charge >= 0.3 is 6.18 Å². The van der Waals surface area contributed by atoms with Gasteiger partial charge in [-0.3, -0.25) is 0 Å². The summed E-state index contributed by atoms with van der Waals surface area (Å²) in [7, 11) is 0. The van der Waals surface area contributed by atoms with Crippen molar-refractivity contribution in [1.82, 2.24) is 9.78 Å². The standard InChI is InChI=1S/C22H15F5N2O2/c23-16-9-17(24)11-19(10-16)31-13-21(30,22(25,26)27)15-6-7-20-14(8-15)12-28-29(20)18-4-2-1-3-5-18/h1-12,30H,13H2. The minimum absolute atomic E-state index is 0.362. The second-order valence-corrected chi connectivity index (χ2v) is 6.92. The summed E-state index contributed by atoms with van der Waals surface area (Å²) in [6.07, 6.45) is -3.74. The normalized spacial score (nSPS) is 13.9. The summed E-state index contributed by atoms with van der Waals surface area (Å²) in [5, 5.41) is 15.1. The number of benzene rings is 3. The molecule has 1 N–H and O–H groups in total. The molecule has 0 bridgehead atoms. The van der Waals surface area contributed by atoms with E-state index < -0.39 is 41.3 Å². The van der Waals surface area contributed by atoms with Gasteiger partial charge in [0.25, 0.3) is 0 Å². The van der Waals surface area contributed by atoms with Crippen LogP contribution in [0.1, 0.15) is 5.56 Å². The van der Waals surface area contributed by atoms with Crippen molar-refractivity contribution in [2.75, 3.05) is 6.61 Å². The van der Waals surface area contributed by atoms with Gasteiger partial charge in [-0.15, -0.1) is 0 Å². The fourth-order valence-electron chi connectivity index (χ4n) is 3.19. The van der Waals surface area contributed by atoms with Crippen molar-refractivity contribution in [3.05, 3.63) is 90.1 Å². The molecular formula is C22H15F5N2O2. The Morgan fingerprint density at radius 1 is 0.903 bits per heavy atom. The number of fused-ring (bicyclic) bond motifs is 1. The van der Waals surface area contributed by atoms with Crippen LogP contribution < -0.4 is 4.74 Å². The summed E-state index contributed by atoms with van der Waals surface area (Å²) in [5.41, 5.74) is -2.66. The maximum Gasteiger partial charge on any atom is 0.424 e. The molecule has 0 radical (unpaired) electrons. The Balaban J connectivity index is 1.70. The molecule has 0 aliphatic rings. The van der Waals surface area contributed by atoms with Crippen LogP contribution in [0.2, 0.25) is 0 Å². The van der Waals surface area contributed by atoms with E-state index in [1.807, 2.05) is 6.07 Å². The van der Waals surface area contributed by atoms with Gasteiger partial charge in [0.1, 0.15) is 24.0 Å². The molecule has 0 spiro atoms. The van der Waals surface area contributed by atoms with Crippen LogP contribution in [0.5, 0.6) is 5.75 Å². The zero-order valence-electron chi connectivity index (χ0n) is 15.8. The molecule has 9 heteroatoms. The fourth-order valence-corrected chi connectivity index (χ4v) is 3.19. The Bertz CT molecular complexity index is 1200.